The number of esters is 1. The van der Waals surface area contributed by atoms with Crippen molar-refractivity contribution in [3.8, 4) is 5.69 Å². The van der Waals surface area contributed by atoms with Gasteiger partial charge in [0.05, 0.1) is 46.7 Å². The molecule has 0 bridgehead atoms. The Bertz CT molecular complexity index is 1400. The minimum Gasteiger partial charge on any atom is -0.461 e. The van der Waals surface area contributed by atoms with Gasteiger partial charge in [0.2, 0.25) is 0 Å². The van der Waals surface area contributed by atoms with E-state index < -0.39 is 27.8 Å². The minimum absolute atomic E-state index is 0.0275. The van der Waals surface area contributed by atoms with Crippen LogP contribution in [0.3, 0.4) is 0 Å². The number of nitrogens with zero attached hydrogens (tertiary/aromatic N) is 2. The number of primary amides is 1. The summed E-state index contributed by atoms with van der Waals surface area (Å²) in [4.78, 5) is 36.4. The Labute approximate surface area is 232 Å². The van der Waals surface area contributed by atoms with Gasteiger partial charge in [-0.15, -0.1) is 0 Å². The molecule has 1 fully saturated rings. The van der Waals surface area contributed by atoms with Crippen LogP contribution in [0.5, 0.6) is 0 Å². The number of hydrogen-bond donors (Lipinski definition) is 4. The standard InChI is InChI=1S/C25H32FN5O4.CH4O3S/c1-13-22-19(10-25(2,3)11-20(22)32)31(30-13)15-8-17(26)23(24(28)34)18(9-15)29-14-4-6-16(7-5-14)35-21(33)12-27;1-5(2,3)4/h8-9,14,16,29H,4-7,10-12,27H2,1-3H3,(H2,28,34);1H3,(H,2,3,4)/t14-,16-;. The van der Waals surface area contributed by atoms with E-state index in [-0.39, 0.29) is 41.1 Å². The quantitative estimate of drug-likeness (QED) is 0.290. The number of amides is 1. The van der Waals surface area contributed by atoms with E-state index >= 15 is 4.39 Å². The third-order valence-corrected chi connectivity index (χ3v) is 6.78. The van der Waals surface area contributed by atoms with Crippen LogP contribution in [-0.4, -0.2) is 65.4 Å². The van der Waals surface area contributed by atoms with Gasteiger partial charge in [0.15, 0.2) is 5.78 Å². The van der Waals surface area contributed by atoms with Gasteiger partial charge >= 0.3 is 5.97 Å². The van der Waals surface area contributed by atoms with Gasteiger partial charge in [0, 0.05) is 18.5 Å². The number of rotatable bonds is 6. The van der Waals surface area contributed by atoms with E-state index in [0.717, 1.165) is 5.69 Å². The third kappa shape index (κ3) is 7.86. The van der Waals surface area contributed by atoms with Gasteiger partial charge in [-0.3, -0.25) is 18.9 Å². The monoisotopic (exact) mass is 581 g/mol. The van der Waals surface area contributed by atoms with Crippen molar-refractivity contribution in [1.29, 1.82) is 0 Å². The number of carbonyl (C=O) groups is 3. The van der Waals surface area contributed by atoms with Crippen LogP contribution in [0.1, 0.15) is 78.1 Å². The van der Waals surface area contributed by atoms with Crippen LogP contribution in [-0.2, 0) is 26.1 Å². The van der Waals surface area contributed by atoms with Crippen LogP contribution >= 0.6 is 0 Å². The molecular formula is C26H36FN5O7S. The maximum absolute atomic E-state index is 15.2. The number of benzene rings is 1. The molecule has 0 unspecified atom stereocenters. The van der Waals surface area contributed by atoms with E-state index in [1.54, 1.807) is 17.7 Å². The number of Topliss-reactive ketones (excluding diaryl/α,β-unsaturated/α-hetero) is 1. The number of ether oxygens (including phenoxy) is 1. The molecule has 0 saturated heterocycles. The average Bonchev–Trinajstić information content (AvgIpc) is 3.13. The summed E-state index contributed by atoms with van der Waals surface area (Å²) in [6.45, 7) is 5.65. The van der Waals surface area contributed by atoms with Crippen molar-refractivity contribution in [2.75, 3.05) is 18.1 Å². The van der Waals surface area contributed by atoms with Crippen molar-refractivity contribution in [3.05, 3.63) is 40.5 Å². The highest BCUT2D eigenvalue weighted by atomic mass is 32.2. The molecule has 6 N–H and O–H groups in total. The first-order chi connectivity index (χ1) is 18.5. The number of ketones is 1. The Morgan fingerprint density at radius 3 is 2.38 bits per heavy atom. The lowest BCUT2D eigenvalue weighted by Crippen LogP contribution is -2.33. The summed E-state index contributed by atoms with van der Waals surface area (Å²) in [5.41, 5.74) is 13.0. The van der Waals surface area contributed by atoms with Gasteiger partial charge in [0.1, 0.15) is 11.9 Å². The predicted octanol–water partition coefficient (Wildman–Crippen LogP) is 2.30. The molecule has 1 aromatic carbocycles. The minimum atomic E-state index is -3.67. The maximum Gasteiger partial charge on any atom is 0.319 e. The molecular weight excluding hydrogens is 545 g/mol. The van der Waals surface area contributed by atoms with E-state index in [9.17, 15) is 22.8 Å². The Morgan fingerprint density at radius 1 is 1.23 bits per heavy atom. The Balaban J connectivity index is 0.000000810. The molecule has 4 rings (SSSR count). The highest BCUT2D eigenvalue weighted by molar-refractivity contribution is 7.85. The van der Waals surface area contributed by atoms with Crippen molar-refractivity contribution < 1.29 is 36.5 Å². The summed E-state index contributed by atoms with van der Waals surface area (Å²) in [5.74, 6) is -2.05. The molecule has 0 atom stereocenters. The average molecular weight is 582 g/mol. The van der Waals surface area contributed by atoms with E-state index in [4.69, 9.17) is 20.8 Å². The molecule has 220 valence electrons. The number of fused-ring (bicyclic) bond motifs is 1. The van der Waals surface area contributed by atoms with Gasteiger partial charge in [-0.2, -0.15) is 13.5 Å². The fourth-order valence-electron chi connectivity index (χ4n) is 5.21. The number of aromatic nitrogens is 2. The Hall–Kier alpha value is -3.36. The topological polar surface area (TPSA) is 197 Å². The first-order valence-electron chi connectivity index (χ1n) is 12.8. The lowest BCUT2D eigenvalue weighted by molar-refractivity contribution is -0.148. The number of nitrogens with two attached hydrogens (primary N) is 2. The largest absolute Gasteiger partial charge is 0.461 e. The van der Waals surface area contributed by atoms with E-state index in [0.29, 0.717) is 61.7 Å². The summed E-state index contributed by atoms with van der Waals surface area (Å²) >= 11 is 0. The Kier molecular flexibility index (Phi) is 9.37. The van der Waals surface area contributed by atoms with Crippen LogP contribution in [0, 0.1) is 18.2 Å². The van der Waals surface area contributed by atoms with Crippen LogP contribution < -0.4 is 16.8 Å². The van der Waals surface area contributed by atoms with E-state index in [1.165, 1.54) is 6.07 Å². The zero-order valence-corrected chi connectivity index (χ0v) is 23.8. The molecule has 40 heavy (non-hydrogen) atoms. The first kappa shape index (κ1) is 31.2. The van der Waals surface area contributed by atoms with Crippen LogP contribution in [0.2, 0.25) is 0 Å². The maximum atomic E-state index is 15.2. The zero-order chi connectivity index (χ0) is 30.0. The van der Waals surface area contributed by atoms with E-state index in [2.05, 4.69) is 10.4 Å². The molecule has 0 spiro atoms. The van der Waals surface area contributed by atoms with Gasteiger partial charge < -0.3 is 21.5 Å². The van der Waals surface area contributed by atoms with Crippen LogP contribution in [0.15, 0.2) is 12.1 Å². The van der Waals surface area contributed by atoms with Gasteiger partial charge in [-0.05, 0) is 50.5 Å². The second-order valence-corrected chi connectivity index (χ2v) is 12.5. The van der Waals surface area contributed by atoms with E-state index in [1.807, 2.05) is 13.8 Å². The fraction of sp³-hybridized carbons (Fsp3) is 0.538. The smallest absolute Gasteiger partial charge is 0.319 e. The molecule has 2 aromatic rings. The lowest BCUT2D eigenvalue weighted by atomic mass is 9.75. The highest BCUT2D eigenvalue weighted by Crippen LogP contribution is 2.38. The molecule has 14 heteroatoms. The molecule has 2 aliphatic carbocycles. The molecule has 1 aromatic heterocycles. The van der Waals surface area contributed by atoms with Crippen LogP contribution in [0.4, 0.5) is 10.1 Å². The normalized spacial score (nSPS) is 20.1. The summed E-state index contributed by atoms with van der Waals surface area (Å²) in [6, 6.07) is 2.82. The summed E-state index contributed by atoms with van der Waals surface area (Å²) in [5, 5.41) is 7.82. The zero-order valence-electron chi connectivity index (χ0n) is 23.0. The molecule has 2 aliphatic rings. The predicted molar refractivity (Wildman–Crippen MR) is 145 cm³/mol. The summed E-state index contributed by atoms with van der Waals surface area (Å²) in [6.07, 6.45) is 4.12. The van der Waals surface area contributed by atoms with Crippen molar-refractivity contribution in [1.82, 2.24) is 9.78 Å². The SMILES string of the molecule is CS(=O)(=O)O.Cc1nn(-c2cc(F)c(C(N)=O)c(N[C@H]3CC[C@H](OC(=O)CN)CC3)c2)c2c1C(=O)CC(C)(C)C2. The molecule has 0 radical (unpaired) electrons. The van der Waals surface area contributed by atoms with Crippen molar-refractivity contribution in [3.63, 3.8) is 0 Å². The number of carbonyl (C=O) groups excluding carboxylic acids is 3. The first-order valence-corrected chi connectivity index (χ1v) is 14.7. The van der Waals surface area contributed by atoms with Crippen LogP contribution in [0.25, 0.3) is 5.69 Å². The molecule has 1 heterocycles. The number of anilines is 1. The number of halogens is 1. The molecule has 1 amide bonds. The molecule has 0 aliphatic heterocycles. The summed E-state index contributed by atoms with van der Waals surface area (Å²) < 4.78 is 48.0. The number of nitrogens with one attached hydrogen (secondary N) is 1. The van der Waals surface area contributed by atoms with Gasteiger partial charge in [-0.1, -0.05) is 13.8 Å². The van der Waals surface area contributed by atoms with Gasteiger partial charge in [0.25, 0.3) is 16.0 Å². The molecule has 12 nitrogen and oxygen atoms in total. The van der Waals surface area contributed by atoms with Crippen molar-refractivity contribution in [2.24, 2.45) is 16.9 Å². The highest BCUT2D eigenvalue weighted by Gasteiger charge is 2.36. The third-order valence-electron chi connectivity index (χ3n) is 6.78. The second-order valence-electron chi connectivity index (χ2n) is 11.0. The van der Waals surface area contributed by atoms with Gasteiger partial charge in [-0.25, -0.2) is 9.07 Å². The fourth-order valence-corrected chi connectivity index (χ4v) is 5.21. The second kappa shape index (κ2) is 12.0. The Morgan fingerprint density at radius 2 is 1.82 bits per heavy atom. The summed E-state index contributed by atoms with van der Waals surface area (Å²) in [7, 11) is -3.67. The number of aryl methyl sites for hydroxylation is 1. The lowest BCUT2D eigenvalue weighted by Gasteiger charge is -2.30. The number of hydrogen-bond acceptors (Lipinski definition) is 9. The van der Waals surface area contributed by atoms with Crippen molar-refractivity contribution in [2.45, 2.75) is 71.4 Å². The molecule has 1 saturated carbocycles. The van der Waals surface area contributed by atoms with Crippen molar-refractivity contribution >= 4 is 33.5 Å².